The molecule has 10 nitrogen and oxygen atoms in total. The van der Waals surface area contributed by atoms with Crippen LogP contribution < -0.4 is 20.1 Å². The molecular weight excluding hydrogens is 465 g/mol. The molecule has 0 saturated carbocycles. The van der Waals surface area contributed by atoms with Crippen LogP contribution in [0.3, 0.4) is 0 Å². The molecule has 0 aliphatic rings. The molecule has 0 fully saturated rings. The van der Waals surface area contributed by atoms with Gasteiger partial charge in [0, 0.05) is 18.2 Å². The van der Waals surface area contributed by atoms with Crippen LogP contribution >= 0.6 is 0 Å². The lowest BCUT2D eigenvalue weighted by molar-refractivity contribution is -0.111. The topological polar surface area (TPSA) is 106 Å². The summed E-state index contributed by atoms with van der Waals surface area (Å²) in [6.07, 6.45) is 4.28. The molecule has 36 heavy (non-hydrogen) atoms. The number of rotatable bonds is 10. The van der Waals surface area contributed by atoms with E-state index in [1.807, 2.05) is 19.0 Å². The van der Waals surface area contributed by atoms with Crippen LogP contribution in [0, 0.1) is 5.82 Å². The number of anilines is 3. The molecule has 186 valence electrons. The number of hydrogen-bond donors (Lipinski definition) is 2. The average molecular weight is 492 g/mol. The summed E-state index contributed by atoms with van der Waals surface area (Å²) in [7, 11) is 5.40. The molecular formula is C25H26FN7O3. The number of nitrogens with zero attached hydrogens (tertiary/aromatic N) is 5. The standard InChI is InChI=1S/C25H26FN7O3/c1-5-22(34)29-19-12-18(20(35-4)13-21(19)36-10-9-32(2)3)30-25-28-15-33-14-27-23(24(33)31-25)16-7-6-8-17(26)11-16/h5-8,11-15H,1,9-10H2,2-4H3,(H,29,34)(H,30,31). The highest BCUT2D eigenvalue weighted by Crippen LogP contribution is 2.38. The highest BCUT2D eigenvalue weighted by Gasteiger charge is 2.16. The van der Waals surface area contributed by atoms with Crippen molar-refractivity contribution in [3.05, 3.63) is 67.5 Å². The molecule has 0 aliphatic carbocycles. The van der Waals surface area contributed by atoms with Gasteiger partial charge in [-0.3, -0.25) is 9.20 Å². The zero-order valence-corrected chi connectivity index (χ0v) is 20.2. The molecule has 2 N–H and O–H groups in total. The monoisotopic (exact) mass is 491 g/mol. The lowest BCUT2D eigenvalue weighted by Gasteiger charge is -2.18. The van der Waals surface area contributed by atoms with Gasteiger partial charge in [0.2, 0.25) is 11.9 Å². The zero-order valence-electron chi connectivity index (χ0n) is 20.2. The van der Waals surface area contributed by atoms with E-state index in [0.717, 1.165) is 0 Å². The van der Waals surface area contributed by atoms with Gasteiger partial charge in [-0.25, -0.2) is 14.4 Å². The number of imidazole rings is 1. The predicted molar refractivity (Wildman–Crippen MR) is 135 cm³/mol. The number of carbonyl (C=O) groups is 1. The van der Waals surface area contributed by atoms with Gasteiger partial charge in [-0.2, -0.15) is 4.98 Å². The van der Waals surface area contributed by atoms with E-state index in [9.17, 15) is 9.18 Å². The third kappa shape index (κ3) is 5.58. The van der Waals surface area contributed by atoms with Crippen molar-refractivity contribution in [2.45, 2.75) is 0 Å². The molecule has 4 rings (SSSR count). The van der Waals surface area contributed by atoms with Gasteiger partial charge in [0.05, 0.1) is 18.5 Å². The predicted octanol–water partition coefficient (Wildman–Crippen LogP) is 3.75. The van der Waals surface area contributed by atoms with E-state index in [0.29, 0.717) is 52.9 Å². The van der Waals surface area contributed by atoms with Gasteiger partial charge in [0.25, 0.3) is 0 Å². The number of hydrogen-bond acceptors (Lipinski definition) is 8. The number of nitrogens with one attached hydrogen (secondary N) is 2. The molecule has 4 aromatic rings. The van der Waals surface area contributed by atoms with Crippen molar-refractivity contribution in [3.8, 4) is 22.8 Å². The number of ether oxygens (including phenoxy) is 2. The summed E-state index contributed by atoms with van der Waals surface area (Å²) in [6, 6.07) is 9.47. The average Bonchev–Trinajstić information content (AvgIpc) is 3.28. The molecule has 0 atom stereocenters. The van der Waals surface area contributed by atoms with Crippen LogP contribution in [0.25, 0.3) is 16.9 Å². The Bertz CT molecular complexity index is 1400. The number of likely N-dealkylation sites (N-methyl/N-ethyl adjacent to an activating group) is 1. The Morgan fingerprint density at radius 1 is 1.17 bits per heavy atom. The first kappa shape index (κ1) is 24.6. The molecule has 0 saturated heterocycles. The van der Waals surface area contributed by atoms with E-state index in [4.69, 9.17) is 9.47 Å². The molecule has 0 aliphatic heterocycles. The summed E-state index contributed by atoms with van der Waals surface area (Å²) in [6.45, 7) is 4.60. The third-order valence-electron chi connectivity index (χ3n) is 5.17. The van der Waals surface area contributed by atoms with E-state index >= 15 is 0 Å². The molecule has 0 unspecified atom stereocenters. The highest BCUT2D eigenvalue weighted by molar-refractivity contribution is 6.00. The van der Waals surface area contributed by atoms with Gasteiger partial charge < -0.3 is 25.0 Å². The number of carbonyl (C=O) groups excluding carboxylic acids is 1. The fraction of sp³-hybridized carbons (Fsp3) is 0.200. The normalized spacial score (nSPS) is 10.9. The number of fused-ring (bicyclic) bond motifs is 1. The van der Waals surface area contributed by atoms with Gasteiger partial charge in [-0.05, 0) is 38.4 Å². The van der Waals surface area contributed by atoms with Gasteiger partial charge >= 0.3 is 0 Å². The lowest BCUT2D eigenvalue weighted by atomic mass is 10.1. The third-order valence-corrected chi connectivity index (χ3v) is 5.17. The second-order valence-electron chi connectivity index (χ2n) is 8.03. The SMILES string of the molecule is C=CC(=O)Nc1cc(Nc2ncn3cnc(-c4cccc(F)c4)c3n2)c(OC)cc1OCCN(C)C. The van der Waals surface area contributed by atoms with Crippen LogP contribution in [-0.4, -0.2) is 64.5 Å². The summed E-state index contributed by atoms with van der Waals surface area (Å²) in [5, 5.41) is 5.88. The van der Waals surface area contributed by atoms with E-state index in [-0.39, 0.29) is 17.7 Å². The smallest absolute Gasteiger partial charge is 0.247 e. The van der Waals surface area contributed by atoms with Gasteiger partial charge in [-0.1, -0.05) is 18.7 Å². The van der Waals surface area contributed by atoms with E-state index < -0.39 is 0 Å². The Morgan fingerprint density at radius 2 is 1.97 bits per heavy atom. The van der Waals surface area contributed by atoms with Crippen LogP contribution in [-0.2, 0) is 4.79 Å². The van der Waals surface area contributed by atoms with Crippen molar-refractivity contribution in [2.24, 2.45) is 0 Å². The van der Waals surface area contributed by atoms with Gasteiger partial charge in [0.15, 0.2) is 5.65 Å². The number of aromatic nitrogens is 4. The number of halogens is 1. The van der Waals surface area contributed by atoms with E-state index in [1.54, 1.807) is 41.3 Å². The number of amides is 1. The Labute approximate surface area is 207 Å². The second-order valence-corrected chi connectivity index (χ2v) is 8.03. The molecule has 2 heterocycles. The zero-order chi connectivity index (χ0) is 25.7. The largest absolute Gasteiger partial charge is 0.494 e. The van der Waals surface area contributed by atoms with Gasteiger partial charge in [-0.15, -0.1) is 0 Å². The van der Waals surface area contributed by atoms with Crippen molar-refractivity contribution >= 4 is 28.9 Å². The summed E-state index contributed by atoms with van der Waals surface area (Å²) >= 11 is 0. The Kier molecular flexibility index (Phi) is 7.40. The molecule has 0 bridgehead atoms. The van der Waals surface area contributed by atoms with Crippen LogP contribution in [0.4, 0.5) is 21.7 Å². The molecule has 0 spiro atoms. The number of methoxy groups -OCH3 is 1. The molecule has 11 heteroatoms. The molecule has 1 amide bonds. The minimum Gasteiger partial charge on any atom is -0.494 e. The van der Waals surface area contributed by atoms with Crippen LogP contribution in [0.5, 0.6) is 11.5 Å². The Hall–Kier alpha value is -4.51. The first-order valence-electron chi connectivity index (χ1n) is 11.0. The lowest BCUT2D eigenvalue weighted by Crippen LogP contribution is -2.20. The maximum Gasteiger partial charge on any atom is 0.247 e. The minimum atomic E-state index is -0.389. The van der Waals surface area contributed by atoms with Gasteiger partial charge in [0.1, 0.15) is 42.3 Å². The molecule has 2 aromatic carbocycles. The Balaban J connectivity index is 1.69. The van der Waals surface area contributed by atoms with Crippen molar-refractivity contribution in [3.63, 3.8) is 0 Å². The summed E-state index contributed by atoms with van der Waals surface area (Å²) < 4.78 is 26.9. The summed E-state index contributed by atoms with van der Waals surface area (Å²) in [5.74, 6) is 0.387. The highest BCUT2D eigenvalue weighted by atomic mass is 19.1. The van der Waals surface area contributed by atoms with Crippen molar-refractivity contribution in [2.75, 3.05) is 45.0 Å². The fourth-order valence-corrected chi connectivity index (χ4v) is 3.38. The molecule has 0 radical (unpaired) electrons. The summed E-state index contributed by atoms with van der Waals surface area (Å²) in [4.78, 5) is 27.3. The van der Waals surface area contributed by atoms with Crippen LogP contribution in [0.1, 0.15) is 0 Å². The number of benzene rings is 2. The first-order chi connectivity index (χ1) is 17.4. The maximum atomic E-state index is 13.8. The second kappa shape index (κ2) is 10.8. The van der Waals surface area contributed by atoms with Crippen molar-refractivity contribution < 1.29 is 18.7 Å². The quantitative estimate of drug-likeness (QED) is 0.323. The fourth-order valence-electron chi connectivity index (χ4n) is 3.38. The Morgan fingerprint density at radius 3 is 2.69 bits per heavy atom. The van der Waals surface area contributed by atoms with E-state index in [1.165, 1.54) is 25.3 Å². The minimum absolute atomic E-state index is 0.251. The van der Waals surface area contributed by atoms with Crippen molar-refractivity contribution in [1.82, 2.24) is 24.3 Å². The van der Waals surface area contributed by atoms with Crippen LogP contribution in [0.2, 0.25) is 0 Å². The maximum absolute atomic E-state index is 13.8. The molecule has 2 aromatic heterocycles. The van der Waals surface area contributed by atoms with Crippen molar-refractivity contribution in [1.29, 1.82) is 0 Å². The summed E-state index contributed by atoms with van der Waals surface area (Å²) in [5.41, 5.74) is 2.51. The van der Waals surface area contributed by atoms with Crippen LogP contribution in [0.15, 0.2) is 61.7 Å². The van der Waals surface area contributed by atoms with E-state index in [2.05, 4.69) is 32.2 Å². The first-order valence-corrected chi connectivity index (χ1v) is 11.0.